The summed E-state index contributed by atoms with van der Waals surface area (Å²) in [5.41, 5.74) is 0. The van der Waals surface area contributed by atoms with Gasteiger partial charge in [0.1, 0.15) is 13.2 Å². The van der Waals surface area contributed by atoms with Crippen LogP contribution in [0.5, 0.6) is 0 Å². The number of hydrogen-bond donors (Lipinski definition) is 0. The van der Waals surface area contributed by atoms with Crippen LogP contribution in [-0.4, -0.2) is 37.2 Å². The third-order valence-corrected chi connectivity index (χ3v) is 11.8. The highest BCUT2D eigenvalue weighted by Gasteiger charge is 2.19. The van der Waals surface area contributed by atoms with E-state index in [9.17, 15) is 14.4 Å². The molecule has 0 aliphatic rings. The molecule has 0 radical (unpaired) electrons. The van der Waals surface area contributed by atoms with E-state index in [4.69, 9.17) is 14.2 Å². The average molecular weight is 933 g/mol. The van der Waals surface area contributed by atoms with Gasteiger partial charge in [-0.1, -0.05) is 215 Å². The number of unbranched alkanes of at least 4 members (excludes halogenated alkanes) is 25. The van der Waals surface area contributed by atoms with Crippen LogP contribution >= 0.6 is 0 Å². The Hall–Kier alpha value is -3.41. The minimum atomic E-state index is -0.811. The molecule has 1 atom stereocenters. The van der Waals surface area contributed by atoms with E-state index in [1.807, 2.05) is 0 Å². The molecule has 0 aromatic carbocycles. The van der Waals surface area contributed by atoms with Crippen LogP contribution < -0.4 is 0 Å². The smallest absolute Gasteiger partial charge is 0.306 e. The van der Waals surface area contributed by atoms with E-state index in [0.717, 1.165) is 96.3 Å². The second-order valence-corrected chi connectivity index (χ2v) is 18.5. The minimum absolute atomic E-state index is 0.107. The van der Waals surface area contributed by atoms with Crippen molar-refractivity contribution in [1.82, 2.24) is 0 Å². The van der Waals surface area contributed by atoms with Crippen molar-refractivity contribution in [3.63, 3.8) is 0 Å². The highest BCUT2D eigenvalue weighted by Crippen LogP contribution is 2.13. The van der Waals surface area contributed by atoms with Gasteiger partial charge in [0.2, 0.25) is 0 Å². The van der Waals surface area contributed by atoms with Crippen LogP contribution in [-0.2, 0) is 28.6 Å². The maximum atomic E-state index is 12.8. The largest absolute Gasteiger partial charge is 0.462 e. The Bertz CT molecular complexity index is 1300. The first-order chi connectivity index (χ1) is 33.0. The molecule has 0 heterocycles. The Kier molecular flexibility index (Phi) is 52.4. The maximum absolute atomic E-state index is 12.8. The van der Waals surface area contributed by atoms with Crippen LogP contribution in [0.1, 0.15) is 265 Å². The predicted octanol–water partition coefficient (Wildman–Crippen LogP) is 18.8. The van der Waals surface area contributed by atoms with Gasteiger partial charge < -0.3 is 14.2 Å². The van der Waals surface area contributed by atoms with Crippen molar-refractivity contribution in [3.05, 3.63) is 85.1 Å². The van der Waals surface area contributed by atoms with Gasteiger partial charge >= 0.3 is 17.9 Å². The van der Waals surface area contributed by atoms with Gasteiger partial charge in [0, 0.05) is 19.3 Å². The third-order valence-electron chi connectivity index (χ3n) is 11.8. The van der Waals surface area contributed by atoms with Crippen molar-refractivity contribution in [2.75, 3.05) is 13.2 Å². The summed E-state index contributed by atoms with van der Waals surface area (Å²) in [6, 6.07) is 0. The normalized spacial score (nSPS) is 12.7. The van der Waals surface area contributed by atoms with Gasteiger partial charge in [-0.3, -0.25) is 14.4 Å². The van der Waals surface area contributed by atoms with Gasteiger partial charge in [-0.15, -0.1) is 0 Å². The van der Waals surface area contributed by atoms with E-state index in [2.05, 4.69) is 106 Å². The zero-order valence-corrected chi connectivity index (χ0v) is 43.9. The summed E-state index contributed by atoms with van der Waals surface area (Å²) in [4.78, 5) is 38.1. The first-order valence-electron chi connectivity index (χ1n) is 28.1. The first kappa shape index (κ1) is 63.6. The van der Waals surface area contributed by atoms with Crippen molar-refractivity contribution in [2.24, 2.45) is 0 Å². The van der Waals surface area contributed by atoms with Crippen LogP contribution in [0.25, 0.3) is 0 Å². The van der Waals surface area contributed by atoms with Crippen molar-refractivity contribution in [3.8, 4) is 0 Å². The van der Waals surface area contributed by atoms with E-state index < -0.39 is 6.10 Å². The Balaban J connectivity index is 4.51. The zero-order valence-electron chi connectivity index (χ0n) is 43.9. The Morgan fingerprint density at radius 2 is 0.552 bits per heavy atom. The fourth-order valence-corrected chi connectivity index (χ4v) is 7.58. The van der Waals surface area contributed by atoms with Gasteiger partial charge in [-0.25, -0.2) is 0 Å². The van der Waals surface area contributed by atoms with E-state index in [1.54, 1.807) is 0 Å². The summed E-state index contributed by atoms with van der Waals surface area (Å²) in [6.07, 6.45) is 71.4. The number of ether oxygens (including phenoxy) is 3. The fourth-order valence-electron chi connectivity index (χ4n) is 7.58. The van der Waals surface area contributed by atoms with Crippen molar-refractivity contribution in [2.45, 2.75) is 271 Å². The number of hydrogen-bond acceptors (Lipinski definition) is 6. The Morgan fingerprint density at radius 3 is 0.940 bits per heavy atom. The molecule has 0 spiro atoms. The van der Waals surface area contributed by atoms with Gasteiger partial charge in [0.25, 0.3) is 0 Å². The Morgan fingerprint density at radius 1 is 0.299 bits per heavy atom. The van der Waals surface area contributed by atoms with Crippen LogP contribution in [0.2, 0.25) is 0 Å². The molecule has 6 heteroatoms. The molecule has 0 aromatic rings. The van der Waals surface area contributed by atoms with Crippen LogP contribution in [0.15, 0.2) is 85.1 Å². The number of carbonyl (C=O) groups excluding carboxylic acids is 3. The fraction of sp³-hybridized carbons (Fsp3) is 0.721. The standard InChI is InChI=1S/C61H104O6/c1-4-7-10-13-16-19-22-25-28-30-33-35-38-41-44-47-50-53-59(62)65-56-58(67-61(64)55-52-49-46-43-40-37-32-27-24-21-18-15-12-9-6-3)57-66-60(63)54-51-48-45-42-39-36-34-31-29-26-23-20-17-14-11-8-5-2/h16,19,25-29,32-36,42,45,58H,4-15,17-18,20-24,30-31,37-41,43-44,46-57H2,1-3H3/b19-16-,28-25-,29-26-,32-27-,35-33-,36-34-,45-42-/t58-/m1/s1. The third kappa shape index (κ3) is 53.4. The number of carbonyl (C=O) groups is 3. The molecule has 0 fully saturated rings. The van der Waals surface area contributed by atoms with Crippen molar-refractivity contribution in [1.29, 1.82) is 0 Å². The molecular formula is C61H104O6. The highest BCUT2D eigenvalue weighted by molar-refractivity contribution is 5.71. The van der Waals surface area contributed by atoms with E-state index >= 15 is 0 Å². The lowest BCUT2D eigenvalue weighted by Gasteiger charge is -2.18. The number of allylic oxidation sites excluding steroid dienone is 14. The molecular weight excluding hydrogens is 829 g/mol. The highest BCUT2D eigenvalue weighted by atomic mass is 16.6. The summed E-state index contributed by atoms with van der Waals surface area (Å²) in [5, 5.41) is 0. The quantitative estimate of drug-likeness (QED) is 0.0262. The molecule has 0 aliphatic carbocycles. The van der Waals surface area contributed by atoms with Crippen LogP contribution in [0.3, 0.4) is 0 Å². The maximum Gasteiger partial charge on any atom is 0.306 e. The van der Waals surface area contributed by atoms with Crippen LogP contribution in [0.4, 0.5) is 0 Å². The zero-order chi connectivity index (χ0) is 48.6. The predicted molar refractivity (Wildman–Crippen MR) is 288 cm³/mol. The molecule has 0 saturated heterocycles. The van der Waals surface area contributed by atoms with Crippen molar-refractivity contribution < 1.29 is 28.6 Å². The first-order valence-corrected chi connectivity index (χ1v) is 28.1. The monoisotopic (exact) mass is 933 g/mol. The minimum Gasteiger partial charge on any atom is -0.462 e. The lowest BCUT2D eigenvalue weighted by Crippen LogP contribution is -2.30. The number of rotatable bonds is 50. The summed E-state index contributed by atoms with van der Waals surface area (Å²) in [7, 11) is 0. The number of esters is 3. The summed E-state index contributed by atoms with van der Waals surface area (Å²) in [6.45, 7) is 6.54. The summed E-state index contributed by atoms with van der Waals surface area (Å²) in [5.74, 6) is -0.986. The second kappa shape index (κ2) is 55.2. The molecule has 0 rings (SSSR count). The van der Waals surface area contributed by atoms with Gasteiger partial charge in [0.05, 0.1) is 0 Å². The lowest BCUT2D eigenvalue weighted by molar-refractivity contribution is -0.167. The van der Waals surface area contributed by atoms with Crippen LogP contribution in [0, 0.1) is 0 Å². The summed E-state index contributed by atoms with van der Waals surface area (Å²) >= 11 is 0. The van der Waals surface area contributed by atoms with E-state index in [-0.39, 0.29) is 37.5 Å². The topological polar surface area (TPSA) is 78.9 Å². The Labute approximate surface area is 414 Å². The molecule has 0 bridgehead atoms. The van der Waals surface area contributed by atoms with Gasteiger partial charge in [-0.2, -0.15) is 0 Å². The molecule has 6 nitrogen and oxygen atoms in total. The molecule has 0 saturated carbocycles. The molecule has 0 N–H and O–H groups in total. The second-order valence-electron chi connectivity index (χ2n) is 18.5. The molecule has 67 heavy (non-hydrogen) atoms. The lowest BCUT2D eigenvalue weighted by atomic mass is 10.1. The van der Waals surface area contributed by atoms with E-state index in [1.165, 1.54) is 122 Å². The summed E-state index contributed by atoms with van der Waals surface area (Å²) < 4.78 is 16.8. The van der Waals surface area contributed by atoms with Gasteiger partial charge in [-0.05, 0) is 116 Å². The molecule has 0 aromatic heterocycles. The van der Waals surface area contributed by atoms with Crippen molar-refractivity contribution >= 4 is 17.9 Å². The van der Waals surface area contributed by atoms with E-state index in [0.29, 0.717) is 19.3 Å². The average Bonchev–Trinajstić information content (AvgIpc) is 3.33. The molecule has 384 valence electrons. The molecule has 0 aliphatic heterocycles. The van der Waals surface area contributed by atoms with Gasteiger partial charge in [0.15, 0.2) is 6.10 Å². The SMILES string of the molecule is CCCCC/C=C\C/C=C\C/C=C\CCCCCCC(=O)OC[C@H](COC(=O)CCC/C=C\C/C=C\C/C=C\CCCCCCCC)OC(=O)CCCCCCC/C=C\CCCCCCCC. The molecule has 0 unspecified atom stereocenters. The molecule has 0 amide bonds.